The summed E-state index contributed by atoms with van der Waals surface area (Å²) in [5, 5.41) is 6.02. The number of amides is 1. The maximum Gasteiger partial charge on any atom is 0.243 e. The van der Waals surface area contributed by atoms with E-state index in [1.165, 1.54) is 0 Å². The molecule has 0 aliphatic carbocycles. The highest BCUT2D eigenvalue weighted by Gasteiger charge is 2.08. The highest BCUT2D eigenvalue weighted by atomic mass is 16.5. The Labute approximate surface area is 171 Å². The lowest BCUT2D eigenvalue weighted by Gasteiger charge is -2.13. The minimum atomic E-state index is -0.146. The first kappa shape index (κ1) is 20.3. The van der Waals surface area contributed by atoms with E-state index >= 15 is 0 Å². The molecule has 0 unspecified atom stereocenters. The average molecular weight is 390 g/mol. The van der Waals surface area contributed by atoms with Crippen LogP contribution in [0.4, 0.5) is 11.4 Å². The lowest BCUT2D eigenvalue weighted by Crippen LogP contribution is -2.22. The van der Waals surface area contributed by atoms with Crippen LogP contribution in [0.1, 0.15) is 18.9 Å². The van der Waals surface area contributed by atoms with E-state index in [9.17, 15) is 4.79 Å². The van der Waals surface area contributed by atoms with Crippen molar-refractivity contribution in [2.45, 2.75) is 20.0 Å². The molecule has 0 atom stereocenters. The molecule has 0 saturated carbocycles. The largest absolute Gasteiger partial charge is 0.494 e. The third-order valence-corrected chi connectivity index (χ3v) is 4.18. The van der Waals surface area contributed by atoms with Crippen molar-refractivity contribution in [3.05, 3.63) is 84.4 Å². The summed E-state index contributed by atoms with van der Waals surface area (Å²) in [7, 11) is 0. The molecule has 0 bridgehead atoms. The topological polar surface area (TPSA) is 59.6 Å². The van der Waals surface area contributed by atoms with E-state index in [1.54, 1.807) is 0 Å². The zero-order valence-corrected chi connectivity index (χ0v) is 16.6. The van der Waals surface area contributed by atoms with Crippen LogP contribution in [-0.4, -0.2) is 19.1 Å². The van der Waals surface area contributed by atoms with Crippen LogP contribution in [-0.2, 0) is 11.4 Å². The van der Waals surface area contributed by atoms with E-state index in [4.69, 9.17) is 9.47 Å². The van der Waals surface area contributed by atoms with Crippen LogP contribution in [0, 0.1) is 0 Å². The Hall–Kier alpha value is -3.47. The van der Waals surface area contributed by atoms with Gasteiger partial charge in [-0.3, -0.25) is 4.79 Å². The van der Waals surface area contributed by atoms with Crippen LogP contribution in [0.3, 0.4) is 0 Å². The highest BCUT2D eigenvalue weighted by Crippen LogP contribution is 2.24. The molecule has 3 aromatic rings. The molecule has 0 aliphatic rings. The Morgan fingerprint density at radius 3 is 2.34 bits per heavy atom. The molecule has 5 nitrogen and oxygen atoms in total. The molecule has 3 aromatic carbocycles. The first-order valence-electron chi connectivity index (χ1n) is 9.77. The van der Waals surface area contributed by atoms with Gasteiger partial charge >= 0.3 is 0 Å². The maximum absolute atomic E-state index is 12.4. The van der Waals surface area contributed by atoms with Crippen molar-refractivity contribution < 1.29 is 14.3 Å². The standard InChI is InChI=1S/C24H26N2O3/c1-2-16-28-21-14-12-20(13-15-21)25-17-24(27)26-22-10-6-7-11-23(22)29-18-19-8-4-3-5-9-19/h3-15,25H,2,16-18H2,1H3,(H,26,27). The Balaban J connectivity index is 1.51. The molecule has 5 heteroatoms. The fraction of sp³-hybridized carbons (Fsp3) is 0.208. The van der Waals surface area contributed by atoms with Crippen molar-refractivity contribution in [1.82, 2.24) is 0 Å². The van der Waals surface area contributed by atoms with Crippen LogP contribution in [0.5, 0.6) is 11.5 Å². The zero-order valence-electron chi connectivity index (χ0n) is 16.6. The van der Waals surface area contributed by atoms with E-state index in [-0.39, 0.29) is 12.5 Å². The van der Waals surface area contributed by atoms with Gasteiger partial charge in [0.2, 0.25) is 5.91 Å². The number of ether oxygens (including phenoxy) is 2. The summed E-state index contributed by atoms with van der Waals surface area (Å²) in [6.07, 6.45) is 0.969. The summed E-state index contributed by atoms with van der Waals surface area (Å²) < 4.78 is 11.4. The normalized spacial score (nSPS) is 10.2. The van der Waals surface area contributed by atoms with Crippen molar-refractivity contribution in [1.29, 1.82) is 0 Å². The third-order valence-electron chi connectivity index (χ3n) is 4.18. The second kappa shape index (κ2) is 10.8. The van der Waals surface area contributed by atoms with Crippen molar-refractivity contribution in [2.75, 3.05) is 23.8 Å². The van der Waals surface area contributed by atoms with Gasteiger partial charge in [-0.15, -0.1) is 0 Å². The quantitative estimate of drug-likeness (QED) is 0.505. The molecule has 0 spiro atoms. The second-order valence-electron chi connectivity index (χ2n) is 6.55. The van der Waals surface area contributed by atoms with E-state index in [0.29, 0.717) is 24.7 Å². The molecular formula is C24H26N2O3. The summed E-state index contributed by atoms with van der Waals surface area (Å²) >= 11 is 0. The number of benzene rings is 3. The number of anilines is 2. The van der Waals surface area contributed by atoms with Gasteiger partial charge in [-0.2, -0.15) is 0 Å². The van der Waals surface area contributed by atoms with Gasteiger partial charge in [-0.05, 0) is 48.4 Å². The van der Waals surface area contributed by atoms with Crippen molar-refractivity contribution in [2.24, 2.45) is 0 Å². The SMILES string of the molecule is CCCOc1ccc(NCC(=O)Nc2ccccc2OCc2ccccc2)cc1. The Bertz CT molecular complexity index is 896. The summed E-state index contributed by atoms with van der Waals surface area (Å²) in [5.74, 6) is 1.32. The Kier molecular flexibility index (Phi) is 7.52. The van der Waals surface area contributed by atoms with Crippen LogP contribution in [0.2, 0.25) is 0 Å². The predicted octanol–water partition coefficient (Wildman–Crippen LogP) is 5.11. The number of rotatable bonds is 10. The third kappa shape index (κ3) is 6.57. The minimum Gasteiger partial charge on any atom is -0.494 e. The van der Waals surface area contributed by atoms with Crippen molar-refractivity contribution >= 4 is 17.3 Å². The summed E-state index contributed by atoms with van der Waals surface area (Å²) in [5.41, 5.74) is 2.58. The van der Waals surface area contributed by atoms with E-state index in [0.717, 1.165) is 23.4 Å². The fourth-order valence-corrected chi connectivity index (χ4v) is 2.70. The van der Waals surface area contributed by atoms with Crippen LogP contribution < -0.4 is 20.1 Å². The van der Waals surface area contributed by atoms with Gasteiger partial charge in [0.1, 0.15) is 18.1 Å². The van der Waals surface area contributed by atoms with E-state index < -0.39 is 0 Å². The van der Waals surface area contributed by atoms with Gasteiger partial charge in [0.25, 0.3) is 0 Å². The first-order chi connectivity index (χ1) is 14.2. The molecule has 1 amide bonds. The number of hydrogen-bond donors (Lipinski definition) is 2. The molecular weight excluding hydrogens is 364 g/mol. The van der Waals surface area contributed by atoms with Gasteiger partial charge in [0.15, 0.2) is 0 Å². The predicted molar refractivity (Wildman–Crippen MR) is 117 cm³/mol. The lowest BCUT2D eigenvalue weighted by molar-refractivity contribution is -0.114. The molecule has 0 fully saturated rings. The van der Waals surface area contributed by atoms with Crippen LogP contribution in [0.25, 0.3) is 0 Å². The summed E-state index contributed by atoms with van der Waals surface area (Å²) in [4.78, 5) is 12.4. The fourth-order valence-electron chi connectivity index (χ4n) is 2.70. The van der Waals surface area contributed by atoms with Crippen LogP contribution in [0.15, 0.2) is 78.9 Å². The van der Waals surface area contributed by atoms with Gasteiger partial charge in [-0.1, -0.05) is 49.4 Å². The molecule has 0 aromatic heterocycles. The number of hydrogen-bond acceptors (Lipinski definition) is 4. The van der Waals surface area contributed by atoms with E-state index in [1.807, 2.05) is 78.9 Å². The lowest BCUT2D eigenvalue weighted by atomic mass is 10.2. The zero-order chi connectivity index (χ0) is 20.3. The molecule has 29 heavy (non-hydrogen) atoms. The Morgan fingerprint density at radius 2 is 1.59 bits per heavy atom. The van der Waals surface area contributed by atoms with E-state index in [2.05, 4.69) is 17.6 Å². The molecule has 0 heterocycles. The number of nitrogens with one attached hydrogen (secondary N) is 2. The minimum absolute atomic E-state index is 0.146. The van der Waals surface area contributed by atoms with Gasteiger partial charge < -0.3 is 20.1 Å². The molecule has 3 rings (SSSR count). The highest BCUT2D eigenvalue weighted by molar-refractivity contribution is 5.95. The number of para-hydroxylation sites is 2. The molecule has 2 N–H and O–H groups in total. The smallest absolute Gasteiger partial charge is 0.243 e. The monoisotopic (exact) mass is 390 g/mol. The summed E-state index contributed by atoms with van der Waals surface area (Å²) in [6, 6.07) is 24.9. The Morgan fingerprint density at radius 1 is 0.862 bits per heavy atom. The number of carbonyl (C=O) groups excluding carboxylic acids is 1. The number of carbonyl (C=O) groups is 1. The summed E-state index contributed by atoms with van der Waals surface area (Å²) in [6.45, 7) is 3.36. The molecule has 150 valence electrons. The second-order valence-corrected chi connectivity index (χ2v) is 6.55. The van der Waals surface area contributed by atoms with Crippen LogP contribution >= 0.6 is 0 Å². The van der Waals surface area contributed by atoms with Crippen molar-refractivity contribution in [3.8, 4) is 11.5 Å². The molecule has 0 saturated heterocycles. The van der Waals surface area contributed by atoms with Gasteiger partial charge in [0.05, 0.1) is 18.8 Å². The maximum atomic E-state index is 12.4. The first-order valence-corrected chi connectivity index (χ1v) is 9.77. The van der Waals surface area contributed by atoms with Gasteiger partial charge in [-0.25, -0.2) is 0 Å². The average Bonchev–Trinajstić information content (AvgIpc) is 2.77. The van der Waals surface area contributed by atoms with Crippen molar-refractivity contribution in [3.63, 3.8) is 0 Å². The van der Waals surface area contributed by atoms with Gasteiger partial charge in [0, 0.05) is 5.69 Å². The molecule has 0 aliphatic heterocycles. The molecule has 0 radical (unpaired) electrons.